The van der Waals surface area contributed by atoms with Gasteiger partial charge in [-0.1, -0.05) is 13.3 Å². The third-order valence-electron chi connectivity index (χ3n) is 2.83. The highest BCUT2D eigenvalue weighted by Gasteiger charge is 2.13. The van der Waals surface area contributed by atoms with Crippen molar-refractivity contribution >= 4 is 17.0 Å². The summed E-state index contributed by atoms with van der Waals surface area (Å²) < 4.78 is 15.0. The van der Waals surface area contributed by atoms with Crippen LogP contribution < -0.4 is 5.73 Å². The zero-order valence-electron chi connectivity index (χ0n) is 9.57. The quantitative estimate of drug-likeness (QED) is 0.865. The normalized spacial score (nSPS) is 13.2. The first kappa shape index (κ1) is 10.9. The smallest absolute Gasteiger partial charge is 0.201 e. The molecule has 4 heteroatoms. The lowest BCUT2D eigenvalue weighted by atomic mass is 10.2. The summed E-state index contributed by atoms with van der Waals surface area (Å²) in [5.41, 5.74) is 7.39. The fraction of sp³-hybridized carbons (Fsp3) is 0.417. The topological polar surface area (TPSA) is 43.8 Å². The van der Waals surface area contributed by atoms with E-state index in [2.05, 4.69) is 18.8 Å². The van der Waals surface area contributed by atoms with E-state index in [1.54, 1.807) is 6.07 Å². The van der Waals surface area contributed by atoms with Crippen LogP contribution in [0, 0.1) is 5.82 Å². The highest BCUT2D eigenvalue weighted by molar-refractivity contribution is 5.78. The molecule has 0 radical (unpaired) electrons. The van der Waals surface area contributed by atoms with Crippen molar-refractivity contribution in [1.82, 2.24) is 9.55 Å². The van der Waals surface area contributed by atoms with E-state index in [9.17, 15) is 4.39 Å². The number of nitrogens with two attached hydrogens (primary N) is 1. The zero-order valence-corrected chi connectivity index (χ0v) is 9.57. The second-order valence-corrected chi connectivity index (χ2v) is 4.11. The highest BCUT2D eigenvalue weighted by atomic mass is 19.1. The van der Waals surface area contributed by atoms with Gasteiger partial charge in [-0.3, -0.25) is 0 Å². The number of nitrogens with zero attached hydrogens (tertiary/aromatic N) is 2. The van der Waals surface area contributed by atoms with E-state index in [4.69, 9.17) is 5.73 Å². The Bertz CT molecular complexity index is 504. The van der Waals surface area contributed by atoms with Crippen molar-refractivity contribution in [2.75, 3.05) is 5.73 Å². The Balaban J connectivity index is 2.55. The van der Waals surface area contributed by atoms with Gasteiger partial charge in [-0.2, -0.15) is 0 Å². The van der Waals surface area contributed by atoms with Gasteiger partial charge >= 0.3 is 0 Å². The van der Waals surface area contributed by atoms with Gasteiger partial charge in [0.15, 0.2) is 0 Å². The van der Waals surface area contributed by atoms with Gasteiger partial charge in [0.25, 0.3) is 0 Å². The molecule has 16 heavy (non-hydrogen) atoms. The van der Waals surface area contributed by atoms with Gasteiger partial charge in [0, 0.05) is 12.1 Å². The Kier molecular flexibility index (Phi) is 2.81. The molecule has 1 aromatic carbocycles. The van der Waals surface area contributed by atoms with Crippen LogP contribution in [0.15, 0.2) is 18.2 Å². The first-order valence-electron chi connectivity index (χ1n) is 5.56. The summed E-state index contributed by atoms with van der Waals surface area (Å²) in [6.07, 6.45) is 2.12. The molecule has 86 valence electrons. The average Bonchev–Trinajstić information content (AvgIpc) is 2.53. The van der Waals surface area contributed by atoms with Gasteiger partial charge < -0.3 is 10.3 Å². The molecule has 0 aliphatic rings. The van der Waals surface area contributed by atoms with Crippen LogP contribution in [0.2, 0.25) is 0 Å². The molecule has 3 nitrogen and oxygen atoms in total. The maximum atomic E-state index is 13.0. The van der Waals surface area contributed by atoms with E-state index in [0.29, 0.717) is 17.5 Å². The average molecular weight is 221 g/mol. The second kappa shape index (κ2) is 4.12. The molecule has 1 heterocycles. The Morgan fingerprint density at radius 1 is 1.50 bits per heavy atom. The van der Waals surface area contributed by atoms with Gasteiger partial charge in [-0.15, -0.1) is 0 Å². The fourth-order valence-corrected chi connectivity index (χ4v) is 2.10. The summed E-state index contributed by atoms with van der Waals surface area (Å²) in [6.45, 7) is 4.23. The summed E-state index contributed by atoms with van der Waals surface area (Å²) in [5.74, 6) is 0.182. The van der Waals surface area contributed by atoms with E-state index >= 15 is 0 Å². The minimum atomic E-state index is -0.278. The maximum Gasteiger partial charge on any atom is 0.201 e. The summed E-state index contributed by atoms with van der Waals surface area (Å²) >= 11 is 0. The van der Waals surface area contributed by atoms with E-state index in [-0.39, 0.29) is 5.82 Å². The molecule has 0 spiro atoms. The predicted molar refractivity (Wildman–Crippen MR) is 63.7 cm³/mol. The monoisotopic (exact) mass is 221 g/mol. The van der Waals surface area contributed by atoms with Crippen molar-refractivity contribution in [3.8, 4) is 0 Å². The van der Waals surface area contributed by atoms with Crippen molar-refractivity contribution in [2.45, 2.75) is 32.7 Å². The van der Waals surface area contributed by atoms with Gasteiger partial charge in [0.05, 0.1) is 11.0 Å². The molecule has 0 aliphatic heterocycles. The summed E-state index contributed by atoms with van der Waals surface area (Å²) in [5, 5.41) is 0. The molecule has 0 aliphatic carbocycles. The molecule has 1 unspecified atom stereocenters. The maximum absolute atomic E-state index is 13.0. The van der Waals surface area contributed by atoms with E-state index < -0.39 is 0 Å². The minimum Gasteiger partial charge on any atom is -0.369 e. The number of nitrogen functional groups attached to an aromatic ring is 1. The number of imidazole rings is 1. The third-order valence-corrected chi connectivity index (χ3v) is 2.83. The Morgan fingerprint density at radius 3 is 2.94 bits per heavy atom. The number of anilines is 1. The molecular weight excluding hydrogens is 205 g/mol. The van der Waals surface area contributed by atoms with Crippen LogP contribution in [0.3, 0.4) is 0 Å². The molecular formula is C12H16FN3. The first-order chi connectivity index (χ1) is 7.63. The number of halogens is 1. The standard InChI is InChI=1S/C12H16FN3/c1-3-4-8(2)16-11-6-5-9(13)7-10(11)15-12(16)14/h5-8H,3-4H2,1-2H3,(H2,14,15). The second-order valence-electron chi connectivity index (χ2n) is 4.11. The Morgan fingerprint density at radius 2 is 2.25 bits per heavy atom. The molecule has 0 fully saturated rings. The van der Waals surface area contributed by atoms with Gasteiger partial charge in [0.2, 0.25) is 5.95 Å². The molecule has 1 atom stereocenters. The number of hydrogen-bond donors (Lipinski definition) is 1. The molecule has 0 saturated carbocycles. The Hall–Kier alpha value is -1.58. The van der Waals surface area contributed by atoms with Gasteiger partial charge in [0.1, 0.15) is 5.82 Å². The predicted octanol–water partition coefficient (Wildman–Crippen LogP) is 3.12. The van der Waals surface area contributed by atoms with Gasteiger partial charge in [-0.25, -0.2) is 9.37 Å². The number of fused-ring (bicyclic) bond motifs is 1. The number of benzene rings is 1. The Labute approximate surface area is 94.1 Å². The van der Waals surface area contributed by atoms with Crippen molar-refractivity contribution in [2.24, 2.45) is 0 Å². The van der Waals surface area contributed by atoms with Crippen molar-refractivity contribution < 1.29 is 4.39 Å². The zero-order chi connectivity index (χ0) is 11.7. The SMILES string of the molecule is CCCC(C)n1c(N)nc2cc(F)ccc21. The number of hydrogen-bond acceptors (Lipinski definition) is 2. The molecule has 2 aromatic rings. The van der Waals surface area contributed by atoms with Crippen LogP contribution >= 0.6 is 0 Å². The van der Waals surface area contributed by atoms with Crippen molar-refractivity contribution in [1.29, 1.82) is 0 Å². The third kappa shape index (κ3) is 1.75. The molecule has 0 bridgehead atoms. The van der Waals surface area contributed by atoms with Crippen LogP contribution in [0.25, 0.3) is 11.0 Å². The van der Waals surface area contributed by atoms with Crippen LogP contribution in [0.4, 0.5) is 10.3 Å². The summed E-state index contributed by atoms with van der Waals surface area (Å²) in [7, 11) is 0. The van der Waals surface area contributed by atoms with E-state index in [1.807, 2.05) is 4.57 Å². The fourth-order valence-electron chi connectivity index (χ4n) is 2.10. The van der Waals surface area contributed by atoms with Crippen LogP contribution in [-0.2, 0) is 0 Å². The molecule has 1 aromatic heterocycles. The number of aromatic nitrogens is 2. The lowest BCUT2D eigenvalue weighted by Crippen LogP contribution is -2.08. The number of rotatable bonds is 3. The summed E-state index contributed by atoms with van der Waals surface area (Å²) in [6, 6.07) is 4.89. The van der Waals surface area contributed by atoms with Crippen LogP contribution in [-0.4, -0.2) is 9.55 Å². The largest absolute Gasteiger partial charge is 0.369 e. The molecule has 2 N–H and O–H groups in total. The van der Waals surface area contributed by atoms with Crippen LogP contribution in [0.1, 0.15) is 32.7 Å². The summed E-state index contributed by atoms with van der Waals surface area (Å²) in [4.78, 5) is 4.18. The highest BCUT2D eigenvalue weighted by Crippen LogP contribution is 2.25. The van der Waals surface area contributed by atoms with E-state index in [1.165, 1.54) is 12.1 Å². The molecule has 0 saturated heterocycles. The molecule has 2 rings (SSSR count). The lowest BCUT2D eigenvalue weighted by Gasteiger charge is -2.14. The molecule has 0 amide bonds. The minimum absolute atomic E-state index is 0.278. The van der Waals surface area contributed by atoms with Crippen molar-refractivity contribution in [3.63, 3.8) is 0 Å². The lowest BCUT2D eigenvalue weighted by molar-refractivity contribution is 0.518. The van der Waals surface area contributed by atoms with Gasteiger partial charge in [-0.05, 0) is 25.5 Å². The van der Waals surface area contributed by atoms with Crippen molar-refractivity contribution in [3.05, 3.63) is 24.0 Å². The van der Waals surface area contributed by atoms with E-state index in [0.717, 1.165) is 18.4 Å². The first-order valence-corrected chi connectivity index (χ1v) is 5.56. The van der Waals surface area contributed by atoms with Crippen LogP contribution in [0.5, 0.6) is 0 Å².